The summed E-state index contributed by atoms with van der Waals surface area (Å²) in [5.41, 5.74) is 0.457. The zero-order valence-corrected chi connectivity index (χ0v) is 10.2. The van der Waals surface area contributed by atoms with Gasteiger partial charge in [0, 0.05) is 20.3 Å². The number of methoxy groups -OCH3 is 2. The van der Waals surface area contributed by atoms with Crippen LogP contribution in [0.3, 0.4) is 0 Å². The van der Waals surface area contributed by atoms with Gasteiger partial charge in [-0.05, 0) is 24.2 Å². The van der Waals surface area contributed by atoms with Gasteiger partial charge >= 0.3 is 0 Å². The van der Waals surface area contributed by atoms with Gasteiger partial charge in [-0.3, -0.25) is 0 Å². The van der Waals surface area contributed by atoms with E-state index in [0.29, 0.717) is 12.1 Å². The SMILES string of the molecule is CCNC(c1cc(F)cc(F)c1)C(OC)OC. The third-order valence-corrected chi connectivity index (χ3v) is 2.40. The second-order valence-corrected chi connectivity index (χ2v) is 3.58. The molecule has 1 unspecified atom stereocenters. The Hall–Kier alpha value is -1.04. The number of hydrogen-bond donors (Lipinski definition) is 1. The van der Waals surface area contributed by atoms with E-state index in [4.69, 9.17) is 9.47 Å². The van der Waals surface area contributed by atoms with Gasteiger partial charge in [-0.25, -0.2) is 8.78 Å². The third-order valence-electron chi connectivity index (χ3n) is 2.40. The molecule has 1 atom stereocenters. The molecule has 0 heterocycles. The Bertz CT molecular complexity index is 336. The maximum Gasteiger partial charge on any atom is 0.176 e. The fourth-order valence-corrected chi connectivity index (χ4v) is 1.71. The van der Waals surface area contributed by atoms with Crippen LogP contribution in [0.15, 0.2) is 18.2 Å². The number of halogens is 2. The van der Waals surface area contributed by atoms with Crippen molar-refractivity contribution < 1.29 is 18.3 Å². The van der Waals surface area contributed by atoms with E-state index in [-0.39, 0.29) is 0 Å². The monoisotopic (exact) mass is 245 g/mol. The molecule has 5 heteroatoms. The minimum absolute atomic E-state index is 0.416. The molecule has 1 N–H and O–H groups in total. The van der Waals surface area contributed by atoms with Crippen molar-refractivity contribution in [1.29, 1.82) is 0 Å². The van der Waals surface area contributed by atoms with Gasteiger partial charge in [0.1, 0.15) is 11.6 Å². The lowest BCUT2D eigenvalue weighted by Crippen LogP contribution is -2.34. The van der Waals surface area contributed by atoms with E-state index in [9.17, 15) is 8.78 Å². The minimum atomic E-state index is -0.617. The molecule has 0 saturated carbocycles. The quantitative estimate of drug-likeness (QED) is 0.780. The van der Waals surface area contributed by atoms with Gasteiger partial charge in [0.25, 0.3) is 0 Å². The molecule has 0 aromatic heterocycles. The first-order valence-electron chi connectivity index (χ1n) is 5.37. The second kappa shape index (κ2) is 6.64. The van der Waals surface area contributed by atoms with Gasteiger partial charge in [-0.15, -0.1) is 0 Å². The van der Waals surface area contributed by atoms with Crippen LogP contribution in [0.1, 0.15) is 18.5 Å². The summed E-state index contributed by atoms with van der Waals surface area (Å²) in [5, 5.41) is 3.07. The summed E-state index contributed by atoms with van der Waals surface area (Å²) < 4.78 is 36.5. The molecular formula is C12H17F2NO2. The first-order chi connectivity index (χ1) is 8.12. The van der Waals surface area contributed by atoms with Gasteiger partial charge in [0.2, 0.25) is 0 Å². The lowest BCUT2D eigenvalue weighted by Gasteiger charge is -2.25. The average molecular weight is 245 g/mol. The molecule has 1 rings (SSSR count). The van der Waals surface area contributed by atoms with E-state index in [1.165, 1.54) is 26.4 Å². The first-order valence-corrected chi connectivity index (χ1v) is 5.37. The highest BCUT2D eigenvalue weighted by Gasteiger charge is 2.22. The summed E-state index contributed by atoms with van der Waals surface area (Å²) >= 11 is 0. The summed E-state index contributed by atoms with van der Waals surface area (Å²) in [6.45, 7) is 2.52. The third kappa shape index (κ3) is 3.73. The maximum absolute atomic E-state index is 13.2. The largest absolute Gasteiger partial charge is 0.354 e. The Morgan fingerprint density at radius 1 is 1.12 bits per heavy atom. The van der Waals surface area contributed by atoms with E-state index >= 15 is 0 Å². The highest BCUT2D eigenvalue weighted by Crippen LogP contribution is 2.21. The molecule has 1 aromatic carbocycles. The average Bonchev–Trinajstić information content (AvgIpc) is 2.28. The zero-order valence-electron chi connectivity index (χ0n) is 10.2. The van der Waals surface area contributed by atoms with Crippen molar-refractivity contribution in [2.45, 2.75) is 19.3 Å². The predicted octanol–water partition coefficient (Wildman–Crippen LogP) is 2.23. The molecule has 1 aromatic rings. The minimum Gasteiger partial charge on any atom is -0.354 e. The maximum atomic E-state index is 13.2. The number of likely N-dealkylation sites (N-methyl/N-ethyl adjacent to an activating group) is 1. The molecule has 3 nitrogen and oxygen atoms in total. The Balaban J connectivity index is 3.03. The van der Waals surface area contributed by atoms with Crippen LogP contribution in [-0.4, -0.2) is 27.1 Å². The molecule has 17 heavy (non-hydrogen) atoms. The molecule has 0 bridgehead atoms. The standard InChI is InChI=1S/C12H17F2NO2/c1-4-15-11(12(16-2)17-3)8-5-9(13)7-10(14)6-8/h5-7,11-12,15H,4H2,1-3H3. The molecule has 0 aliphatic carbocycles. The van der Waals surface area contributed by atoms with Gasteiger partial charge < -0.3 is 14.8 Å². The van der Waals surface area contributed by atoms with Crippen molar-refractivity contribution in [3.63, 3.8) is 0 Å². The van der Waals surface area contributed by atoms with Crippen LogP contribution in [0, 0.1) is 11.6 Å². The molecule has 0 saturated heterocycles. The van der Waals surface area contributed by atoms with Crippen LogP contribution < -0.4 is 5.32 Å². The molecule has 0 aliphatic heterocycles. The fraction of sp³-hybridized carbons (Fsp3) is 0.500. The van der Waals surface area contributed by atoms with E-state index in [0.717, 1.165) is 6.07 Å². The molecule has 0 fully saturated rings. The van der Waals surface area contributed by atoms with Gasteiger partial charge in [0.05, 0.1) is 6.04 Å². The van der Waals surface area contributed by atoms with Crippen molar-refractivity contribution in [2.75, 3.05) is 20.8 Å². The number of rotatable bonds is 6. The summed E-state index contributed by atoms with van der Waals surface area (Å²) in [5.74, 6) is -1.23. The molecular weight excluding hydrogens is 228 g/mol. The summed E-state index contributed by atoms with van der Waals surface area (Å²) in [6.07, 6.45) is -0.601. The lowest BCUT2D eigenvalue weighted by molar-refractivity contribution is -0.124. The van der Waals surface area contributed by atoms with Crippen molar-refractivity contribution in [2.24, 2.45) is 0 Å². The molecule has 0 aliphatic rings. The van der Waals surface area contributed by atoms with Gasteiger partial charge in [-0.2, -0.15) is 0 Å². The van der Waals surface area contributed by atoms with E-state index in [1.54, 1.807) is 0 Å². The van der Waals surface area contributed by atoms with Gasteiger partial charge in [0.15, 0.2) is 6.29 Å². The predicted molar refractivity (Wildman–Crippen MR) is 60.6 cm³/mol. The second-order valence-electron chi connectivity index (χ2n) is 3.58. The normalized spacial score (nSPS) is 13.1. The van der Waals surface area contributed by atoms with Crippen LogP contribution in [0.5, 0.6) is 0 Å². The lowest BCUT2D eigenvalue weighted by atomic mass is 10.1. The van der Waals surface area contributed by atoms with Crippen LogP contribution in [0.25, 0.3) is 0 Å². The summed E-state index contributed by atoms with van der Waals surface area (Å²) in [7, 11) is 2.96. The molecule has 96 valence electrons. The Morgan fingerprint density at radius 2 is 1.65 bits per heavy atom. The number of ether oxygens (including phenoxy) is 2. The topological polar surface area (TPSA) is 30.5 Å². The van der Waals surface area contributed by atoms with Crippen molar-refractivity contribution in [1.82, 2.24) is 5.32 Å². The molecule has 0 radical (unpaired) electrons. The Labute approximate surface area is 99.7 Å². The van der Waals surface area contributed by atoms with Crippen LogP contribution in [0.4, 0.5) is 8.78 Å². The highest BCUT2D eigenvalue weighted by atomic mass is 19.1. The van der Waals surface area contributed by atoms with Crippen LogP contribution in [0.2, 0.25) is 0 Å². The fourth-order valence-electron chi connectivity index (χ4n) is 1.71. The summed E-state index contributed by atoms with van der Waals surface area (Å²) in [6, 6.07) is 2.95. The first kappa shape index (κ1) is 14.0. The van der Waals surface area contributed by atoms with Crippen molar-refractivity contribution >= 4 is 0 Å². The van der Waals surface area contributed by atoms with Crippen LogP contribution in [-0.2, 0) is 9.47 Å². The zero-order chi connectivity index (χ0) is 12.8. The van der Waals surface area contributed by atoms with Crippen LogP contribution >= 0.6 is 0 Å². The van der Waals surface area contributed by atoms with E-state index < -0.39 is 24.0 Å². The molecule has 0 spiro atoms. The van der Waals surface area contributed by atoms with Crippen molar-refractivity contribution in [3.05, 3.63) is 35.4 Å². The Kier molecular flexibility index (Phi) is 5.47. The summed E-state index contributed by atoms with van der Waals surface area (Å²) in [4.78, 5) is 0. The van der Waals surface area contributed by atoms with Gasteiger partial charge in [-0.1, -0.05) is 6.92 Å². The van der Waals surface area contributed by atoms with E-state index in [1.807, 2.05) is 6.92 Å². The number of hydrogen-bond acceptors (Lipinski definition) is 3. The van der Waals surface area contributed by atoms with Crippen molar-refractivity contribution in [3.8, 4) is 0 Å². The number of nitrogens with one attached hydrogen (secondary N) is 1. The smallest absolute Gasteiger partial charge is 0.176 e. The Morgan fingerprint density at radius 3 is 2.06 bits per heavy atom. The highest BCUT2D eigenvalue weighted by molar-refractivity contribution is 5.22. The molecule has 0 amide bonds. The number of benzene rings is 1. The van der Waals surface area contributed by atoms with E-state index in [2.05, 4.69) is 5.32 Å².